The summed E-state index contributed by atoms with van der Waals surface area (Å²) in [7, 11) is 2.01. The van der Waals surface area contributed by atoms with Crippen molar-refractivity contribution in [1.82, 2.24) is 4.90 Å². The number of anilines is 1. The molecule has 0 aliphatic rings. The lowest BCUT2D eigenvalue weighted by molar-refractivity contribution is -0.116. The van der Waals surface area contributed by atoms with Crippen molar-refractivity contribution in [3.8, 4) is 0 Å². The van der Waals surface area contributed by atoms with E-state index in [0.29, 0.717) is 33.7 Å². The van der Waals surface area contributed by atoms with E-state index in [0.717, 1.165) is 19.4 Å². The molecule has 6 heteroatoms. The minimum absolute atomic E-state index is 0.112. The van der Waals surface area contributed by atoms with Gasteiger partial charge in [-0.15, -0.1) is 0 Å². The van der Waals surface area contributed by atoms with Gasteiger partial charge in [-0.2, -0.15) is 0 Å². The Bertz CT molecular complexity index is 443. The lowest BCUT2D eigenvalue weighted by Crippen LogP contribution is -2.25. The van der Waals surface area contributed by atoms with E-state index >= 15 is 0 Å². The standard InChI is InChI=1S/C14H19Cl3N2O/c1-3-4-6-19(2)7-5-13(20)18-14-11(16)8-10(15)9-12(14)17/h8-9H,3-7H2,1-2H3,(H,18,20). The average molecular weight is 338 g/mol. The Morgan fingerprint density at radius 2 is 1.80 bits per heavy atom. The van der Waals surface area contributed by atoms with Gasteiger partial charge in [0, 0.05) is 18.0 Å². The van der Waals surface area contributed by atoms with Gasteiger partial charge in [-0.05, 0) is 32.1 Å². The highest BCUT2D eigenvalue weighted by Gasteiger charge is 2.11. The number of unbranched alkanes of at least 4 members (excludes halogenated alkanes) is 1. The normalized spacial score (nSPS) is 10.9. The van der Waals surface area contributed by atoms with Gasteiger partial charge in [-0.25, -0.2) is 0 Å². The van der Waals surface area contributed by atoms with Gasteiger partial charge in [0.25, 0.3) is 0 Å². The molecule has 0 bridgehead atoms. The molecule has 0 unspecified atom stereocenters. The number of rotatable bonds is 7. The first kappa shape index (κ1) is 17.6. The molecule has 0 atom stereocenters. The molecule has 0 radical (unpaired) electrons. The van der Waals surface area contributed by atoms with E-state index in [2.05, 4.69) is 17.1 Å². The van der Waals surface area contributed by atoms with E-state index < -0.39 is 0 Å². The fourth-order valence-corrected chi connectivity index (χ4v) is 2.61. The van der Waals surface area contributed by atoms with Crippen molar-refractivity contribution in [3.63, 3.8) is 0 Å². The van der Waals surface area contributed by atoms with Gasteiger partial charge in [0.2, 0.25) is 5.91 Å². The summed E-state index contributed by atoms with van der Waals surface area (Å²) >= 11 is 17.9. The minimum Gasteiger partial charge on any atom is -0.324 e. The Morgan fingerprint density at radius 1 is 1.20 bits per heavy atom. The summed E-state index contributed by atoms with van der Waals surface area (Å²) in [5.74, 6) is -0.112. The maximum Gasteiger partial charge on any atom is 0.225 e. The molecule has 1 aromatic carbocycles. The largest absolute Gasteiger partial charge is 0.324 e. The highest BCUT2D eigenvalue weighted by atomic mass is 35.5. The van der Waals surface area contributed by atoms with Gasteiger partial charge in [0.15, 0.2) is 0 Å². The van der Waals surface area contributed by atoms with Crippen molar-refractivity contribution in [3.05, 3.63) is 27.2 Å². The first-order valence-electron chi connectivity index (χ1n) is 6.57. The van der Waals surface area contributed by atoms with Crippen molar-refractivity contribution in [1.29, 1.82) is 0 Å². The van der Waals surface area contributed by atoms with Crippen LogP contribution in [-0.4, -0.2) is 30.9 Å². The summed E-state index contributed by atoms with van der Waals surface area (Å²) in [6.07, 6.45) is 2.68. The van der Waals surface area contributed by atoms with E-state index in [1.807, 2.05) is 7.05 Å². The minimum atomic E-state index is -0.112. The molecule has 0 fully saturated rings. The van der Waals surface area contributed by atoms with Gasteiger partial charge < -0.3 is 10.2 Å². The molecule has 0 saturated heterocycles. The Balaban J connectivity index is 2.51. The molecule has 1 amide bonds. The van der Waals surface area contributed by atoms with Gasteiger partial charge >= 0.3 is 0 Å². The first-order valence-corrected chi connectivity index (χ1v) is 7.70. The van der Waals surface area contributed by atoms with Gasteiger partial charge in [-0.3, -0.25) is 4.79 Å². The lowest BCUT2D eigenvalue weighted by atomic mass is 10.2. The van der Waals surface area contributed by atoms with Crippen molar-refractivity contribution in [2.45, 2.75) is 26.2 Å². The highest BCUT2D eigenvalue weighted by Crippen LogP contribution is 2.33. The molecule has 0 spiro atoms. The van der Waals surface area contributed by atoms with E-state index in [1.165, 1.54) is 0 Å². The predicted octanol–water partition coefficient (Wildman–Crippen LogP) is 4.71. The molecule has 1 rings (SSSR count). The SMILES string of the molecule is CCCCN(C)CCC(=O)Nc1c(Cl)cc(Cl)cc1Cl. The zero-order valence-corrected chi connectivity index (χ0v) is 13.9. The zero-order valence-electron chi connectivity index (χ0n) is 11.7. The highest BCUT2D eigenvalue weighted by molar-refractivity contribution is 6.42. The van der Waals surface area contributed by atoms with Crippen LogP contribution in [0.5, 0.6) is 0 Å². The molecule has 1 aromatic rings. The van der Waals surface area contributed by atoms with Gasteiger partial charge in [-0.1, -0.05) is 48.1 Å². The number of hydrogen-bond donors (Lipinski definition) is 1. The molecular weight excluding hydrogens is 319 g/mol. The number of carbonyl (C=O) groups excluding carboxylic acids is 1. The molecule has 0 aromatic heterocycles. The second-order valence-corrected chi connectivity index (χ2v) is 5.95. The fraction of sp³-hybridized carbons (Fsp3) is 0.500. The van der Waals surface area contributed by atoms with Crippen LogP contribution in [0.3, 0.4) is 0 Å². The Labute approximate surface area is 135 Å². The van der Waals surface area contributed by atoms with E-state index in [4.69, 9.17) is 34.8 Å². The molecule has 0 saturated carbocycles. The summed E-state index contributed by atoms with van der Waals surface area (Å²) in [5, 5.41) is 3.86. The van der Waals surface area contributed by atoms with Crippen LogP contribution in [0.15, 0.2) is 12.1 Å². The van der Waals surface area contributed by atoms with Crippen molar-refractivity contribution >= 4 is 46.4 Å². The molecule has 1 N–H and O–H groups in total. The molecule has 20 heavy (non-hydrogen) atoms. The van der Waals surface area contributed by atoms with Crippen LogP contribution in [0.1, 0.15) is 26.2 Å². The number of nitrogens with one attached hydrogen (secondary N) is 1. The number of nitrogens with zero attached hydrogens (tertiary/aromatic N) is 1. The third kappa shape index (κ3) is 5.88. The maximum atomic E-state index is 11.9. The summed E-state index contributed by atoms with van der Waals surface area (Å²) in [6.45, 7) is 3.84. The molecule has 0 heterocycles. The van der Waals surface area contributed by atoms with E-state index in [1.54, 1.807) is 12.1 Å². The van der Waals surface area contributed by atoms with E-state index in [-0.39, 0.29) is 5.91 Å². The predicted molar refractivity (Wildman–Crippen MR) is 87.1 cm³/mol. The maximum absolute atomic E-state index is 11.9. The first-order chi connectivity index (χ1) is 9.43. The summed E-state index contributed by atoms with van der Waals surface area (Å²) < 4.78 is 0. The van der Waals surface area contributed by atoms with Crippen molar-refractivity contribution in [2.75, 3.05) is 25.5 Å². The summed E-state index contributed by atoms with van der Waals surface area (Å²) in [5.41, 5.74) is 0.416. The van der Waals surface area contributed by atoms with Crippen LogP contribution in [0.4, 0.5) is 5.69 Å². The van der Waals surface area contributed by atoms with Crippen LogP contribution < -0.4 is 5.32 Å². The second kappa shape index (κ2) is 8.73. The monoisotopic (exact) mass is 336 g/mol. The third-order valence-corrected chi connectivity index (χ3v) is 3.70. The van der Waals surface area contributed by atoms with E-state index in [9.17, 15) is 4.79 Å². The number of hydrogen-bond acceptors (Lipinski definition) is 2. The lowest BCUT2D eigenvalue weighted by Gasteiger charge is -2.16. The van der Waals surface area contributed by atoms with Gasteiger partial charge in [0.1, 0.15) is 0 Å². The average Bonchev–Trinajstić information content (AvgIpc) is 2.38. The number of halogens is 3. The van der Waals surface area contributed by atoms with Crippen LogP contribution in [0.2, 0.25) is 15.1 Å². The number of carbonyl (C=O) groups is 1. The molecular formula is C14H19Cl3N2O. The summed E-state index contributed by atoms with van der Waals surface area (Å²) in [6, 6.07) is 3.11. The number of amides is 1. The van der Waals surface area contributed by atoms with Crippen LogP contribution >= 0.6 is 34.8 Å². The quantitative estimate of drug-likeness (QED) is 0.781. The van der Waals surface area contributed by atoms with Crippen molar-refractivity contribution in [2.24, 2.45) is 0 Å². The third-order valence-electron chi connectivity index (χ3n) is 2.89. The smallest absolute Gasteiger partial charge is 0.225 e. The second-order valence-electron chi connectivity index (χ2n) is 4.70. The Kier molecular flexibility index (Phi) is 7.67. The Morgan fingerprint density at radius 3 is 2.35 bits per heavy atom. The topological polar surface area (TPSA) is 32.3 Å². The molecule has 0 aliphatic carbocycles. The van der Waals surface area contributed by atoms with Gasteiger partial charge in [0.05, 0.1) is 15.7 Å². The zero-order chi connectivity index (χ0) is 15.1. The molecule has 3 nitrogen and oxygen atoms in total. The number of benzene rings is 1. The molecule has 112 valence electrons. The molecule has 0 aliphatic heterocycles. The van der Waals surface area contributed by atoms with Crippen LogP contribution in [0, 0.1) is 0 Å². The fourth-order valence-electron chi connectivity index (χ4n) is 1.70. The Hall–Kier alpha value is -0.480. The summed E-state index contributed by atoms with van der Waals surface area (Å²) in [4.78, 5) is 14.0. The van der Waals surface area contributed by atoms with Crippen LogP contribution in [-0.2, 0) is 4.79 Å². The van der Waals surface area contributed by atoms with Crippen molar-refractivity contribution < 1.29 is 4.79 Å². The van der Waals surface area contributed by atoms with Crippen LogP contribution in [0.25, 0.3) is 0 Å².